The van der Waals surface area contributed by atoms with Crippen molar-refractivity contribution >= 4 is 28.9 Å². The molecule has 5 nitrogen and oxygen atoms in total. The van der Waals surface area contributed by atoms with E-state index in [0.29, 0.717) is 5.82 Å². The van der Waals surface area contributed by atoms with Gasteiger partial charge in [0.25, 0.3) is 0 Å². The molecule has 152 valence electrons. The number of nitrogens with one attached hydrogen (secondary N) is 1. The second-order valence-corrected chi connectivity index (χ2v) is 7.21. The summed E-state index contributed by atoms with van der Waals surface area (Å²) in [6.45, 7) is 8.08. The quantitative estimate of drug-likeness (QED) is 0.485. The Hall–Kier alpha value is -3.86. The lowest BCUT2D eigenvalue weighted by Crippen LogP contribution is -2.16. The smallest absolute Gasteiger partial charge is 0.335 e. The van der Waals surface area contributed by atoms with Crippen LogP contribution in [0.15, 0.2) is 85.1 Å². The number of carboxylic acid groups (broad SMARTS) is 1. The van der Waals surface area contributed by atoms with Crippen molar-refractivity contribution in [1.29, 1.82) is 0 Å². The van der Waals surface area contributed by atoms with Crippen LogP contribution in [0.5, 0.6) is 0 Å². The van der Waals surface area contributed by atoms with E-state index in [0.717, 1.165) is 28.2 Å². The van der Waals surface area contributed by atoms with Crippen molar-refractivity contribution < 1.29 is 9.90 Å². The highest BCUT2D eigenvalue weighted by molar-refractivity contribution is 5.88. The molecular formula is C25H25N3O2. The Balaban J connectivity index is 1.92. The topological polar surface area (TPSA) is 65.5 Å². The fourth-order valence-electron chi connectivity index (χ4n) is 3.09. The van der Waals surface area contributed by atoms with Crippen molar-refractivity contribution in [2.45, 2.75) is 13.8 Å². The Labute approximate surface area is 177 Å². The van der Waals surface area contributed by atoms with Gasteiger partial charge in [-0.1, -0.05) is 24.3 Å². The number of carbonyl (C=O) groups is 1. The zero-order valence-electron chi connectivity index (χ0n) is 17.4. The third kappa shape index (κ3) is 5.14. The average Bonchev–Trinajstić information content (AvgIpc) is 2.72. The Morgan fingerprint density at radius 3 is 2.47 bits per heavy atom. The summed E-state index contributed by atoms with van der Waals surface area (Å²) in [5, 5.41) is 12.3. The van der Waals surface area contributed by atoms with Gasteiger partial charge in [0.1, 0.15) is 5.82 Å². The molecule has 0 atom stereocenters. The Kier molecular flexibility index (Phi) is 6.32. The Bertz CT molecular complexity index is 1100. The van der Waals surface area contributed by atoms with Gasteiger partial charge in [0, 0.05) is 35.9 Å². The molecule has 0 radical (unpaired) electrons. The summed E-state index contributed by atoms with van der Waals surface area (Å²) in [5.74, 6) is -0.281. The van der Waals surface area contributed by atoms with Crippen LogP contribution in [0.1, 0.15) is 28.4 Å². The van der Waals surface area contributed by atoms with E-state index < -0.39 is 5.97 Å². The first-order chi connectivity index (χ1) is 14.3. The minimum atomic E-state index is -0.949. The fourth-order valence-corrected chi connectivity index (χ4v) is 3.09. The van der Waals surface area contributed by atoms with Gasteiger partial charge in [0.05, 0.1) is 5.56 Å². The van der Waals surface area contributed by atoms with Crippen LogP contribution in [0, 0.1) is 6.92 Å². The van der Waals surface area contributed by atoms with Crippen molar-refractivity contribution in [3.63, 3.8) is 0 Å². The van der Waals surface area contributed by atoms with Gasteiger partial charge in [-0.3, -0.25) is 0 Å². The maximum absolute atomic E-state index is 11.0. The number of hydrogen-bond acceptors (Lipinski definition) is 4. The standard InChI is InChI=1S/C25H25N3O2/c1-17(2)14-23(28(4)22-7-5-6-18(3)15-22)20-12-13-26-24(16-20)27-21-10-8-19(9-11-21)25(29)30/h5-16H,1H2,2-4H3,(H,26,27)(H,29,30)/b23-14-. The Morgan fingerprint density at radius 1 is 1.10 bits per heavy atom. The molecule has 1 aromatic heterocycles. The largest absolute Gasteiger partial charge is 0.478 e. The first-order valence-corrected chi connectivity index (χ1v) is 9.58. The van der Waals surface area contributed by atoms with E-state index in [1.54, 1.807) is 30.5 Å². The van der Waals surface area contributed by atoms with Gasteiger partial charge < -0.3 is 15.3 Å². The summed E-state index contributed by atoms with van der Waals surface area (Å²) >= 11 is 0. The van der Waals surface area contributed by atoms with Crippen LogP contribution in [-0.4, -0.2) is 23.1 Å². The number of benzene rings is 2. The lowest BCUT2D eigenvalue weighted by Gasteiger charge is -2.24. The molecule has 3 rings (SSSR count). The second-order valence-electron chi connectivity index (χ2n) is 7.21. The SMILES string of the molecule is C=C(C)/C=C(/c1ccnc(Nc2ccc(C(=O)O)cc2)c1)N(C)c1cccc(C)c1. The molecule has 0 saturated carbocycles. The zero-order valence-corrected chi connectivity index (χ0v) is 17.4. The number of carboxylic acids is 1. The highest BCUT2D eigenvalue weighted by Gasteiger charge is 2.12. The third-order valence-corrected chi connectivity index (χ3v) is 4.59. The van der Waals surface area contributed by atoms with E-state index in [2.05, 4.69) is 46.9 Å². The number of anilines is 3. The van der Waals surface area contributed by atoms with Gasteiger partial charge in [-0.2, -0.15) is 0 Å². The number of pyridine rings is 1. The van der Waals surface area contributed by atoms with Gasteiger partial charge in [-0.15, -0.1) is 0 Å². The number of aryl methyl sites for hydroxylation is 1. The number of aromatic carboxylic acids is 1. The molecule has 0 saturated heterocycles. The molecule has 0 aliphatic rings. The molecule has 0 spiro atoms. The van der Waals surface area contributed by atoms with Crippen LogP contribution >= 0.6 is 0 Å². The van der Waals surface area contributed by atoms with E-state index in [1.165, 1.54) is 5.56 Å². The first kappa shape index (κ1) is 20.9. The van der Waals surface area contributed by atoms with Crippen LogP contribution in [0.2, 0.25) is 0 Å². The van der Waals surface area contributed by atoms with E-state index in [1.807, 2.05) is 38.2 Å². The lowest BCUT2D eigenvalue weighted by atomic mass is 10.1. The number of aromatic nitrogens is 1. The summed E-state index contributed by atoms with van der Waals surface area (Å²) in [6, 6.07) is 18.8. The third-order valence-electron chi connectivity index (χ3n) is 4.59. The molecular weight excluding hydrogens is 374 g/mol. The monoisotopic (exact) mass is 399 g/mol. The number of hydrogen-bond donors (Lipinski definition) is 2. The minimum absolute atomic E-state index is 0.244. The average molecular weight is 399 g/mol. The molecule has 2 N–H and O–H groups in total. The van der Waals surface area contributed by atoms with Crippen LogP contribution in [-0.2, 0) is 0 Å². The van der Waals surface area contributed by atoms with Gasteiger partial charge in [0.2, 0.25) is 0 Å². The minimum Gasteiger partial charge on any atom is -0.478 e. The van der Waals surface area contributed by atoms with Crippen LogP contribution in [0.4, 0.5) is 17.2 Å². The van der Waals surface area contributed by atoms with E-state index in [4.69, 9.17) is 5.11 Å². The van der Waals surface area contributed by atoms with Crippen LogP contribution in [0.3, 0.4) is 0 Å². The molecule has 5 heteroatoms. The second kappa shape index (κ2) is 9.09. The molecule has 3 aromatic rings. The Morgan fingerprint density at radius 2 is 1.83 bits per heavy atom. The molecule has 0 amide bonds. The van der Waals surface area contributed by atoms with Crippen molar-refractivity contribution in [2.75, 3.05) is 17.3 Å². The molecule has 0 aliphatic heterocycles. The van der Waals surface area contributed by atoms with Gasteiger partial charge in [0.15, 0.2) is 0 Å². The van der Waals surface area contributed by atoms with E-state index in [9.17, 15) is 4.79 Å². The van der Waals surface area contributed by atoms with Crippen molar-refractivity contribution in [3.05, 3.63) is 102 Å². The molecule has 30 heavy (non-hydrogen) atoms. The van der Waals surface area contributed by atoms with E-state index >= 15 is 0 Å². The molecule has 0 bridgehead atoms. The van der Waals surface area contributed by atoms with Crippen LogP contribution in [0.25, 0.3) is 5.70 Å². The summed E-state index contributed by atoms with van der Waals surface area (Å²) < 4.78 is 0. The molecule has 0 aliphatic carbocycles. The van der Waals surface area contributed by atoms with Crippen molar-refractivity contribution in [2.24, 2.45) is 0 Å². The van der Waals surface area contributed by atoms with Gasteiger partial charge in [-0.25, -0.2) is 9.78 Å². The summed E-state index contributed by atoms with van der Waals surface area (Å²) in [4.78, 5) is 17.6. The predicted molar refractivity (Wildman–Crippen MR) is 123 cm³/mol. The molecule has 2 aromatic carbocycles. The lowest BCUT2D eigenvalue weighted by molar-refractivity contribution is 0.0697. The normalized spacial score (nSPS) is 11.1. The maximum Gasteiger partial charge on any atom is 0.335 e. The molecule has 0 unspecified atom stereocenters. The first-order valence-electron chi connectivity index (χ1n) is 9.58. The van der Waals surface area contributed by atoms with Crippen LogP contribution < -0.4 is 10.2 Å². The van der Waals surface area contributed by atoms with E-state index in [-0.39, 0.29) is 5.56 Å². The number of nitrogens with zero attached hydrogens (tertiary/aromatic N) is 2. The van der Waals surface area contributed by atoms with Gasteiger partial charge >= 0.3 is 5.97 Å². The fraction of sp³-hybridized carbons (Fsp3) is 0.120. The molecule has 1 heterocycles. The van der Waals surface area contributed by atoms with Gasteiger partial charge in [-0.05, 0) is 74.0 Å². The number of rotatable bonds is 7. The zero-order chi connectivity index (χ0) is 21.7. The predicted octanol–water partition coefficient (Wildman–Crippen LogP) is 5.89. The summed E-state index contributed by atoms with van der Waals surface area (Å²) in [6.07, 6.45) is 3.79. The summed E-state index contributed by atoms with van der Waals surface area (Å²) in [7, 11) is 2.03. The van der Waals surface area contributed by atoms with Crippen molar-refractivity contribution in [1.82, 2.24) is 4.98 Å². The highest BCUT2D eigenvalue weighted by Crippen LogP contribution is 2.28. The maximum atomic E-state index is 11.0. The summed E-state index contributed by atoms with van der Waals surface area (Å²) in [5.41, 5.74) is 6.21. The van der Waals surface area contributed by atoms with Crippen molar-refractivity contribution in [3.8, 4) is 0 Å². The highest BCUT2D eigenvalue weighted by atomic mass is 16.4. The number of allylic oxidation sites excluding steroid dienone is 2. The molecule has 0 fully saturated rings.